The van der Waals surface area contributed by atoms with Crippen LogP contribution in [0, 0.1) is 17.8 Å². The Morgan fingerprint density at radius 3 is 3.08 bits per heavy atom. The van der Waals surface area contributed by atoms with E-state index in [4.69, 9.17) is 0 Å². The van der Waals surface area contributed by atoms with Crippen LogP contribution in [0.1, 0.15) is 6.42 Å². The maximum atomic E-state index is 11.7. The van der Waals surface area contributed by atoms with Crippen LogP contribution < -0.4 is 0 Å². The van der Waals surface area contributed by atoms with Crippen LogP contribution >= 0.6 is 0 Å². The van der Waals surface area contributed by atoms with Crippen LogP contribution in [0.5, 0.6) is 0 Å². The minimum atomic E-state index is 0.329. The molecule has 0 radical (unpaired) electrons. The predicted octanol–water partition coefficient (Wildman–Crippen LogP) is 1.21. The van der Waals surface area contributed by atoms with Crippen molar-refractivity contribution in [2.24, 2.45) is 17.8 Å². The quantitative estimate of drug-likeness (QED) is 0.456. The molecule has 0 aromatic carbocycles. The van der Waals surface area contributed by atoms with Crippen LogP contribution in [0.4, 0.5) is 0 Å². The zero-order valence-corrected chi connectivity index (χ0v) is 7.52. The van der Waals surface area contributed by atoms with E-state index in [1.807, 2.05) is 11.0 Å². The fraction of sp³-hybridized carbons (Fsp3) is 0.545. The van der Waals surface area contributed by atoms with Gasteiger partial charge in [-0.2, -0.15) is 0 Å². The van der Waals surface area contributed by atoms with Gasteiger partial charge in [0.1, 0.15) is 0 Å². The van der Waals surface area contributed by atoms with Gasteiger partial charge in [-0.3, -0.25) is 4.79 Å². The number of carbonyl (C=O) groups is 1. The number of nitrogens with zero attached hydrogens (tertiary/aromatic N) is 1. The third-order valence-corrected chi connectivity index (χ3v) is 3.67. The van der Waals surface area contributed by atoms with Gasteiger partial charge in [-0.25, -0.2) is 0 Å². The highest BCUT2D eigenvalue weighted by molar-refractivity contribution is 5.88. The average molecular weight is 175 g/mol. The summed E-state index contributed by atoms with van der Waals surface area (Å²) in [5, 5.41) is 0. The zero-order chi connectivity index (χ0) is 9.00. The van der Waals surface area contributed by atoms with Gasteiger partial charge in [-0.15, -0.1) is 6.58 Å². The number of amides is 1. The molecule has 1 heterocycles. The summed E-state index contributed by atoms with van der Waals surface area (Å²) in [6, 6.07) is 0.514. The standard InChI is InChI=1S/C11H13NO/c1-2-5-12-10-8-4-3-7(6-8)9(10)11(12)13/h2-4,7-10H,1,5-6H2/t7-,8+,9+,10-/m0/s1. The van der Waals surface area contributed by atoms with Crippen molar-refractivity contribution in [2.75, 3.05) is 6.54 Å². The summed E-state index contributed by atoms with van der Waals surface area (Å²) in [5.74, 6) is 1.88. The SMILES string of the molecule is C=CCN1C(=O)[C@H]2[C@@H]1[C@@H]1C=C[C@H]2C1. The Morgan fingerprint density at radius 2 is 2.31 bits per heavy atom. The lowest BCUT2D eigenvalue weighted by Crippen LogP contribution is -2.62. The first kappa shape index (κ1) is 7.36. The molecule has 2 nitrogen and oxygen atoms in total. The van der Waals surface area contributed by atoms with Crippen molar-refractivity contribution in [3.05, 3.63) is 24.8 Å². The highest BCUT2D eigenvalue weighted by Gasteiger charge is 2.59. The van der Waals surface area contributed by atoms with Crippen molar-refractivity contribution in [3.63, 3.8) is 0 Å². The molecule has 0 aromatic heterocycles. The Hall–Kier alpha value is -1.05. The van der Waals surface area contributed by atoms with Gasteiger partial charge in [0, 0.05) is 6.54 Å². The molecule has 13 heavy (non-hydrogen) atoms. The van der Waals surface area contributed by atoms with Crippen molar-refractivity contribution in [3.8, 4) is 0 Å². The van der Waals surface area contributed by atoms with Crippen molar-refractivity contribution in [2.45, 2.75) is 12.5 Å². The molecule has 2 fully saturated rings. The Morgan fingerprint density at radius 1 is 1.54 bits per heavy atom. The number of hydrogen-bond acceptors (Lipinski definition) is 1. The minimum absolute atomic E-state index is 0.329. The lowest BCUT2D eigenvalue weighted by molar-refractivity contribution is -0.155. The van der Waals surface area contributed by atoms with Gasteiger partial charge < -0.3 is 4.90 Å². The van der Waals surface area contributed by atoms with Crippen LogP contribution in [-0.2, 0) is 4.79 Å². The van der Waals surface area contributed by atoms with E-state index < -0.39 is 0 Å². The van der Waals surface area contributed by atoms with Crippen molar-refractivity contribution in [1.82, 2.24) is 4.90 Å². The molecule has 1 saturated heterocycles. The third-order valence-electron chi connectivity index (χ3n) is 3.67. The second-order valence-corrected chi connectivity index (χ2v) is 4.24. The van der Waals surface area contributed by atoms with Crippen LogP contribution in [0.2, 0.25) is 0 Å². The Kier molecular flexibility index (Phi) is 1.27. The monoisotopic (exact) mass is 175 g/mol. The molecule has 0 unspecified atom stereocenters. The molecule has 0 aromatic rings. The van der Waals surface area contributed by atoms with E-state index in [-0.39, 0.29) is 0 Å². The molecule has 2 heteroatoms. The number of β-lactam (4-membered cyclic amide) rings is 1. The van der Waals surface area contributed by atoms with Gasteiger partial charge in [-0.05, 0) is 18.3 Å². The van der Waals surface area contributed by atoms with Gasteiger partial charge in [0.05, 0.1) is 12.0 Å². The summed E-state index contributed by atoms with van der Waals surface area (Å²) in [5.41, 5.74) is 0. The molecule has 3 aliphatic rings. The van der Waals surface area contributed by atoms with E-state index in [0.29, 0.717) is 29.7 Å². The second kappa shape index (κ2) is 2.25. The van der Waals surface area contributed by atoms with Crippen LogP contribution in [0.25, 0.3) is 0 Å². The number of rotatable bonds is 2. The van der Waals surface area contributed by atoms with E-state index in [9.17, 15) is 4.79 Å². The normalized spacial score (nSPS) is 44.9. The summed E-state index contributed by atoms with van der Waals surface area (Å²) in [7, 11) is 0. The van der Waals surface area contributed by atoms with Crippen LogP contribution in [-0.4, -0.2) is 23.4 Å². The molecule has 3 rings (SSSR count). The molecule has 2 aliphatic carbocycles. The van der Waals surface area contributed by atoms with Crippen molar-refractivity contribution >= 4 is 5.91 Å². The van der Waals surface area contributed by atoms with E-state index in [0.717, 1.165) is 6.54 Å². The Labute approximate surface area is 77.9 Å². The molecule has 0 spiro atoms. The van der Waals surface area contributed by atoms with E-state index in [1.54, 1.807) is 0 Å². The average Bonchev–Trinajstić information content (AvgIpc) is 2.70. The van der Waals surface area contributed by atoms with Gasteiger partial charge >= 0.3 is 0 Å². The van der Waals surface area contributed by atoms with Crippen molar-refractivity contribution in [1.29, 1.82) is 0 Å². The smallest absolute Gasteiger partial charge is 0.228 e. The molecule has 2 bridgehead atoms. The molecule has 1 amide bonds. The van der Waals surface area contributed by atoms with Gasteiger partial charge in [0.2, 0.25) is 5.91 Å². The molecule has 0 N–H and O–H groups in total. The summed E-state index contributed by atoms with van der Waals surface area (Å²) >= 11 is 0. The molecule has 1 aliphatic heterocycles. The van der Waals surface area contributed by atoms with Crippen molar-refractivity contribution < 1.29 is 4.79 Å². The second-order valence-electron chi connectivity index (χ2n) is 4.24. The number of hydrogen-bond donors (Lipinski definition) is 0. The summed E-state index contributed by atoms with van der Waals surface area (Å²) in [6.45, 7) is 4.41. The lowest BCUT2D eigenvalue weighted by atomic mass is 9.79. The third kappa shape index (κ3) is 0.718. The lowest BCUT2D eigenvalue weighted by Gasteiger charge is -2.47. The maximum absolute atomic E-state index is 11.7. The topological polar surface area (TPSA) is 20.3 Å². The Bertz CT molecular complexity index is 307. The first-order chi connectivity index (χ1) is 6.33. The Balaban J connectivity index is 1.87. The first-order valence-electron chi connectivity index (χ1n) is 4.92. The molecule has 1 saturated carbocycles. The largest absolute Gasteiger partial charge is 0.334 e. The molecule has 68 valence electrons. The highest BCUT2D eigenvalue weighted by atomic mass is 16.2. The fourth-order valence-corrected chi connectivity index (χ4v) is 3.16. The number of carbonyl (C=O) groups excluding carboxylic acids is 1. The van der Waals surface area contributed by atoms with E-state index >= 15 is 0 Å². The fourth-order valence-electron chi connectivity index (χ4n) is 3.16. The van der Waals surface area contributed by atoms with E-state index in [1.165, 1.54) is 6.42 Å². The minimum Gasteiger partial charge on any atom is -0.334 e. The summed E-state index contributed by atoms with van der Waals surface area (Å²) in [4.78, 5) is 13.6. The highest BCUT2D eigenvalue weighted by Crippen LogP contribution is 2.52. The van der Waals surface area contributed by atoms with Gasteiger partial charge in [-0.1, -0.05) is 18.2 Å². The predicted molar refractivity (Wildman–Crippen MR) is 49.9 cm³/mol. The summed E-state index contributed by atoms with van der Waals surface area (Å²) in [6.07, 6.45) is 7.54. The first-order valence-corrected chi connectivity index (χ1v) is 4.92. The summed E-state index contributed by atoms with van der Waals surface area (Å²) < 4.78 is 0. The number of fused-ring (bicyclic) bond motifs is 5. The van der Waals surface area contributed by atoms with E-state index in [2.05, 4.69) is 18.7 Å². The van der Waals surface area contributed by atoms with Gasteiger partial charge in [0.25, 0.3) is 0 Å². The number of likely N-dealkylation sites (tertiary alicyclic amines) is 1. The molecular weight excluding hydrogens is 162 g/mol. The maximum Gasteiger partial charge on any atom is 0.228 e. The molecular formula is C11H13NO. The number of allylic oxidation sites excluding steroid dienone is 1. The molecule has 4 atom stereocenters. The van der Waals surface area contributed by atoms with Crippen LogP contribution in [0.15, 0.2) is 24.8 Å². The zero-order valence-electron chi connectivity index (χ0n) is 7.52. The van der Waals surface area contributed by atoms with Crippen LogP contribution in [0.3, 0.4) is 0 Å². The van der Waals surface area contributed by atoms with Gasteiger partial charge in [0.15, 0.2) is 0 Å².